The van der Waals surface area contributed by atoms with Crippen molar-refractivity contribution in [2.24, 2.45) is 0 Å². The van der Waals surface area contributed by atoms with E-state index in [9.17, 15) is 5.11 Å². The highest BCUT2D eigenvalue weighted by Gasteiger charge is 2.20. The van der Waals surface area contributed by atoms with Gasteiger partial charge in [0.2, 0.25) is 0 Å². The van der Waals surface area contributed by atoms with Crippen LogP contribution in [0.2, 0.25) is 0 Å². The Balaban J connectivity index is 1.78. The quantitative estimate of drug-likeness (QED) is 0.709. The topological polar surface area (TPSA) is 50.7 Å². The van der Waals surface area contributed by atoms with Crippen LogP contribution in [0.25, 0.3) is 0 Å². The molecule has 2 rings (SSSR count). The zero-order chi connectivity index (χ0) is 14.4. The summed E-state index contributed by atoms with van der Waals surface area (Å²) in [5.41, 5.74) is 1.87. The summed E-state index contributed by atoms with van der Waals surface area (Å²) in [6, 6.07) is 6.35. The molecule has 0 amide bonds. The Hall–Kier alpha value is -1.10. The molecule has 1 aromatic carbocycles. The van der Waals surface area contributed by atoms with E-state index in [0.29, 0.717) is 13.2 Å². The van der Waals surface area contributed by atoms with Gasteiger partial charge in [-0.05, 0) is 37.0 Å². The first-order valence-corrected chi connectivity index (χ1v) is 7.27. The van der Waals surface area contributed by atoms with Crippen LogP contribution in [0.15, 0.2) is 18.2 Å². The van der Waals surface area contributed by atoms with E-state index in [2.05, 4.69) is 17.4 Å². The molecule has 0 bridgehead atoms. The molecule has 0 saturated heterocycles. The molecule has 2 N–H and O–H groups in total. The van der Waals surface area contributed by atoms with Crippen LogP contribution in [0.5, 0.6) is 5.75 Å². The Kier molecular flexibility index (Phi) is 5.40. The molecule has 0 saturated carbocycles. The van der Waals surface area contributed by atoms with Crippen LogP contribution in [0.1, 0.15) is 24.5 Å². The number of aliphatic hydroxyl groups is 1. The van der Waals surface area contributed by atoms with Gasteiger partial charge in [0.1, 0.15) is 5.75 Å². The fourth-order valence-electron chi connectivity index (χ4n) is 2.43. The molecule has 1 aliphatic rings. The van der Waals surface area contributed by atoms with Crippen molar-refractivity contribution >= 4 is 0 Å². The molecule has 4 nitrogen and oxygen atoms in total. The number of methoxy groups -OCH3 is 1. The number of ether oxygens (including phenoxy) is 2. The van der Waals surface area contributed by atoms with Gasteiger partial charge in [-0.25, -0.2) is 0 Å². The van der Waals surface area contributed by atoms with Crippen LogP contribution < -0.4 is 10.1 Å². The third-order valence-corrected chi connectivity index (χ3v) is 3.69. The minimum Gasteiger partial charge on any atom is -0.493 e. The highest BCUT2D eigenvalue weighted by molar-refractivity contribution is 5.39. The van der Waals surface area contributed by atoms with Gasteiger partial charge in [0.15, 0.2) is 0 Å². The standard InChI is InChI=1S/C16H25NO3/c1-16(18,12-17-8-10-19-2)7-5-13-3-4-15-14(11-13)6-9-20-15/h3-4,11,17-18H,5-10,12H2,1-2H3. The van der Waals surface area contributed by atoms with Crippen LogP contribution in [0.4, 0.5) is 0 Å². The Morgan fingerprint density at radius 2 is 2.30 bits per heavy atom. The molecule has 1 aliphatic heterocycles. The predicted molar refractivity (Wildman–Crippen MR) is 79.3 cm³/mol. The number of hydrogen-bond acceptors (Lipinski definition) is 4. The molecule has 0 aliphatic carbocycles. The zero-order valence-electron chi connectivity index (χ0n) is 12.4. The van der Waals surface area contributed by atoms with Crippen molar-refractivity contribution in [2.75, 3.05) is 33.4 Å². The number of nitrogens with one attached hydrogen (secondary N) is 1. The molecule has 4 heteroatoms. The van der Waals surface area contributed by atoms with Crippen LogP contribution >= 0.6 is 0 Å². The second kappa shape index (κ2) is 7.07. The smallest absolute Gasteiger partial charge is 0.122 e. The average Bonchev–Trinajstić information content (AvgIpc) is 2.89. The molecular formula is C16H25NO3. The van der Waals surface area contributed by atoms with Crippen molar-refractivity contribution in [2.45, 2.75) is 31.8 Å². The largest absolute Gasteiger partial charge is 0.493 e. The molecule has 0 fully saturated rings. The summed E-state index contributed by atoms with van der Waals surface area (Å²) in [4.78, 5) is 0. The molecule has 1 unspecified atom stereocenters. The van der Waals surface area contributed by atoms with Crippen LogP contribution in [0, 0.1) is 0 Å². The minimum absolute atomic E-state index is 0.588. The summed E-state index contributed by atoms with van der Waals surface area (Å²) in [5, 5.41) is 13.6. The molecule has 1 heterocycles. The van der Waals surface area contributed by atoms with Gasteiger partial charge >= 0.3 is 0 Å². The van der Waals surface area contributed by atoms with Gasteiger partial charge in [-0.1, -0.05) is 12.1 Å². The van der Waals surface area contributed by atoms with E-state index >= 15 is 0 Å². The maximum absolute atomic E-state index is 10.3. The number of aryl methyl sites for hydroxylation is 1. The highest BCUT2D eigenvalue weighted by Crippen LogP contribution is 2.26. The van der Waals surface area contributed by atoms with E-state index in [1.807, 2.05) is 13.0 Å². The lowest BCUT2D eigenvalue weighted by Gasteiger charge is -2.24. The van der Waals surface area contributed by atoms with Crippen molar-refractivity contribution in [1.82, 2.24) is 5.32 Å². The summed E-state index contributed by atoms with van der Waals surface area (Å²) < 4.78 is 10.5. The van der Waals surface area contributed by atoms with Crippen LogP contribution in [-0.2, 0) is 17.6 Å². The van der Waals surface area contributed by atoms with Crippen LogP contribution in [0.3, 0.4) is 0 Å². The average molecular weight is 279 g/mol. The van der Waals surface area contributed by atoms with Crippen molar-refractivity contribution in [1.29, 1.82) is 0 Å². The van der Waals surface area contributed by atoms with Crippen molar-refractivity contribution in [3.05, 3.63) is 29.3 Å². The van der Waals surface area contributed by atoms with Gasteiger partial charge in [-0.15, -0.1) is 0 Å². The van der Waals surface area contributed by atoms with E-state index in [4.69, 9.17) is 9.47 Å². The lowest BCUT2D eigenvalue weighted by Crippen LogP contribution is -2.39. The molecular weight excluding hydrogens is 254 g/mol. The summed E-state index contributed by atoms with van der Waals surface area (Å²) in [7, 11) is 1.68. The Labute approximate surface area is 121 Å². The van der Waals surface area contributed by atoms with E-state index in [0.717, 1.165) is 38.2 Å². The molecule has 0 aromatic heterocycles. The van der Waals surface area contributed by atoms with E-state index in [1.54, 1.807) is 7.11 Å². The minimum atomic E-state index is -0.691. The summed E-state index contributed by atoms with van der Waals surface area (Å²) in [5.74, 6) is 1.02. The molecule has 0 spiro atoms. The second-order valence-electron chi connectivity index (χ2n) is 5.71. The lowest BCUT2D eigenvalue weighted by atomic mass is 9.95. The maximum Gasteiger partial charge on any atom is 0.122 e. The molecule has 20 heavy (non-hydrogen) atoms. The summed E-state index contributed by atoms with van der Waals surface area (Å²) in [6.07, 6.45) is 2.62. The SMILES string of the molecule is COCCNCC(C)(O)CCc1ccc2c(c1)CCO2. The third-order valence-electron chi connectivity index (χ3n) is 3.69. The number of rotatable bonds is 8. The number of hydrogen-bond donors (Lipinski definition) is 2. The van der Waals surface area contributed by atoms with Crippen LogP contribution in [-0.4, -0.2) is 44.1 Å². The monoisotopic (exact) mass is 279 g/mol. The first kappa shape index (κ1) is 15.3. The van der Waals surface area contributed by atoms with Gasteiger partial charge in [0.05, 0.1) is 18.8 Å². The van der Waals surface area contributed by atoms with Gasteiger partial charge < -0.3 is 19.9 Å². The van der Waals surface area contributed by atoms with Gasteiger partial charge in [-0.3, -0.25) is 0 Å². The Morgan fingerprint density at radius 3 is 3.10 bits per heavy atom. The van der Waals surface area contributed by atoms with E-state index in [1.165, 1.54) is 11.1 Å². The number of fused-ring (bicyclic) bond motifs is 1. The van der Waals surface area contributed by atoms with E-state index in [-0.39, 0.29) is 0 Å². The van der Waals surface area contributed by atoms with Gasteiger partial charge in [0.25, 0.3) is 0 Å². The first-order valence-electron chi connectivity index (χ1n) is 7.27. The second-order valence-corrected chi connectivity index (χ2v) is 5.71. The normalized spacial score (nSPS) is 16.6. The zero-order valence-corrected chi connectivity index (χ0v) is 12.4. The van der Waals surface area contributed by atoms with Gasteiger partial charge in [-0.2, -0.15) is 0 Å². The molecule has 1 aromatic rings. The Morgan fingerprint density at radius 1 is 1.45 bits per heavy atom. The third kappa shape index (κ3) is 4.47. The predicted octanol–water partition coefficient (Wildman–Crippen LogP) is 1.54. The molecule has 0 radical (unpaired) electrons. The van der Waals surface area contributed by atoms with Crippen molar-refractivity contribution in [3.63, 3.8) is 0 Å². The molecule has 1 atom stereocenters. The fourth-order valence-corrected chi connectivity index (χ4v) is 2.43. The first-order chi connectivity index (χ1) is 9.61. The maximum atomic E-state index is 10.3. The van der Waals surface area contributed by atoms with Crippen molar-refractivity contribution in [3.8, 4) is 5.75 Å². The summed E-state index contributed by atoms with van der Waals surface area (Å²) in [6.45, 7) is 4.69. The number of benzene rings is 1. The van der Waals surface area contributed by atoms with Gasteiger partial charge in [0, 0.05) is 26.6 Å². The summed E-state index contributed by atoms with van der Waals surface area (Å²) >= 11 is 0. The van der Waals surface area contributed by atoms with Crippen molar-refractivity contribution < 1.29 is 14.6 Å². The lowest BCUT2D eigenvalue weighted by molar-refractivity contribution is 0.0493. The molecule has 112 valence electrons. The highest BCUT2D eigenvalue weighted by atomic mass is 16.5. The fraction of sp³-hybridized carbons (Fsp3) is 0.625. The Bertz CT molecular complexity index is 432. The van der Waals surface area contributed by atoms with E-state index < -0.39 is 5.60 Å².